The largest absolute Gasteiger partial charge is 0.508 e. The van der Waals surface area contributed by atoms with Crippen molar-refractivity contribution < 1.29 is 19.7 Å². The van der Waals surface area contributed by atoms with Gasteiger partial charge in [0.05, 0.1) is 6.26 Å². The fourth-order valence-electron chi connectivity index (χ4n) is 0.827. The fourth-order valence-corrected chi connectivity index (χ4v) is 0.827. The minimum atomic E-state index is -0.761. The van der Waals surface area contributed by atoms with E-state index in [9.17, 15) is 9.90 Å². The maximum Gasteiger partial charge on any atom is 0.346 e. The molecule has 1 aromatic carbocycles. The van der Waals surface area contributed by atoms with Crippen LogP contribution in [-0.4, -0.2) is 16.2 Å². The van der Waals surface area contributed by atoms with E-state index in [0.717, 1.165) is 12.3 Å². The summed E-state index contributed by atoms with van der Waals surface area (Å²) in [6, 6.07) is 3.58. The lowest BCUT2D eigenvalue weighted by molar-refractivity contribution is 0.0660. The second kappa shape index (κ2) is 3.62. The highest BCUT2D eigenvalue weighted by Gasteiger charge is 2.11. The van der Waals surface area contributed by atoms with Crippen LogP contribution in [0.15, 0.2) is 31.0 Å². The van der Waals surface area contributed by atoms with Crippen molar-refractivity contribution in [2.45, 2.75) is 0 Å². The molecule has 68 valence electrons. The molecule has 0 fully saturated rings. The van der Waals surface area contributed by atoms with Gasteiger partial charge in [-0.3, -0.25) is 0 Å². The Kier molecular flexibility index (Phi) is 2.54. The highest BCUT2D eigenvalue weighted by Crippen LogP contribution is 2.22. The van der Waals surface area contributed by atoms with Crippen LogP contribution in [0.4, 0.5) is 0 Å². The zero-order chi connectivity index (χ0) is 9.84. The first-order valence-electron chi connectivity index (χ1n) is 3.49. The van der Waals surface area contributed by atoms with Crippen LogP contribution in [0, 0.1) is 0 Å². The van der Waals surface area contributed by atoms with Crippen molar-refractivity contribution in [2.75, 3.05) is 0 Å². The van der Waals surface area contributed by atoms with E-state index in [1.54, 1.807) is 0 Å². The Balaban J connectivity index is 3.05. The molecule has 0 unspecified atom stereocenters. The van der Waals surface area contributed by atoms with E-state index in [1.165, 1.54) is 12.1 Å². The third-order valence-electron chi connectivity index (χ3n) is 1.39. The van der Waals surface area contributed by atoms with Crippen molar-refractivity contribution >= 4 is 5.97 Å². The molecule has 0 atom stereocenters. The molecule has 0 bridgehead atoms. The average Bonchev–Trinajstić information content (AvgIpc) is 2.09. The van der Waals surface area contributed by atoms with Gasteiger partial charge in [-0.1, -0.05) is 6.58 Å². The van der Waals surface area contributed by atoms with E-state index < -0.39 is 5.97 Å². The molecule has 0 aliphatic carbocycles. The quantitative estimate of drug-likeness (QED) is 0.410. The SMILES string of the molecule is C=COC(=O)c1cc(O)ccc1O. The number of esters is 1. The lowest BCUT2D eigenvalue weighted by Gasteiger charge is -2.02. The van der Waals surface area contributed by atoms with Crippen LogP contribution in [0.25, 0.3) is 0 Å². The van der Waals surface area contributed by atoms with Gasteiger partial charge in [-0.05, 0) is 18.2 Å². The molecule has 13 heavy (non-hydrogen) atoms. The van der Waals surface area contributed by atoms with Gasteiger partial charge in [0, 0.05) is 0 Å². The Morgan fingerprint density at radius 1 is 1.46 bits per heavy atom. The minimum Gasteiger partial charge on any atom is -0.508 e. The summed E-state index contributed by atoms with van der Waals surface area (Å²) in [5.74, 6) is -1.12. The number of carbonyl (C=O) groups is 1. The number of phenols is 2. The number of aromatic hydroxyl groups is 2. The summed E-state index contributed by atoms with van der Waals surface area (Å²) >= 11 is 0. The molecule has 1 aromatic rings. The first-order chi connectivity index (χ1) is 6.15. The predicted octanol–water partition coefficient (Wildman–Crippen LogP) is 1.40. The van der Waals surface area contributed by atoms with E-state index in [4.69, 9.17) is 5.11 Å². The lowest BCUT2D eigenvalue weighted by atomic mass is 10.2. The van der Waals surface area contributed by atoms with Crippen molar-refractivity contribution in [3.63, 3.8) is 0 Å². The Morgan fingerprint density at radius 2 is 2.15 bits per heavy atom. The number of hydrogen-bond donors (Lipinski definition) is 2. The summed E-state index contributed by atoms with van der Waals surface area (Å²) in [7, 11) is 0. The van der Waals surface area contributed by atoms with Gasteiger partial charge >= 0.3 is 5.97 Å². The maximum absolute atomic E-state index is 11.1. The molecule has 0 radical (unpaired) electrons. The highest BCUT2D eigenvalue weighted by atomic mass is 16.5. The van der Waals surface area contributed by atoms with Crippen molar-refractivity contribution in [3.8, 4) is 11.5 Å². The highest BCUT2D eigenvalue weighted by molar-refractivity contribution is 5.93. The predicted molar refractivity (Wildman–Crippen MR) is 45.4 cm³/mol. The molecule has 0 aliphatic rings. The summed E-state index contributed by atoms with van der Waals surface area (Å²) in [5, 5.41) is 18.2. The summed E-state index contributed by atoms with van der Waals surface area (Å²) in [4.78, 5) is 11.1. The van der Waals surface area contributed by atoms with E-state index in [1.807, 2.05) is 0 Å². The van der Waals surface area contributed by atoms with Gasteiger partial charge in [-0.2, -0.15) is 0 Å². The zero-order valence-corrected chi connectivity index (χ0v) is 6.73. The Morgan fingerprint density at radius 3 is 2.77 bits per heavy atom. The topological polar surface area (TPSA) is 66.8 Å². The van der Waals surface area contributed by atoms with Crippen molar-refractivity contribution in [2.24, 2.45) is 0 Å². The Bertz CT molecular complexity index is 343. The first-order valence-corrected chi connectivity index (χ1v) is 3.49. The normalized spacial score (nSPS) is 9.23. The molecule has 4 heteroatoms. The summed E-state index contributed by atoms with van der Waals surface area (Å²) in [5.41, 5.74) is -0.0973. The van der Waals surface area contributed by atoms with Crippen LogP contribution in [0.1, 0.15) is 10.4 Å². The number of rotatable bonds is 2. The molecule has 0 aromatic heterocycles. The van der Waals surface area contributed by atoms with Crippen LogP contribution in [0.5, 0.6) is 11.5 Å². The van der Waals surface area contributed by atoms with Crippen LogP contribution in [0.2, 0.25) is 0 Å². The molecule has 4 nitrogen and oxygen atoms in total. The van der Waals surface area contributed by atoms with Gasteiger partial charge < -0.3 is 14.9 Å². The molecule has 0 saturated heterocycles. The molecule has 0 spiro atoms. The van der Waals surface area contributed by atoms with E-state index >= 15 is 0 Å². The smallest absolute Gasteiger partial charge is 0.346 e. The fraction of sp³-hybridized carbons (Fsp3) is 0. The van der Waals surface area contributed by atoms with Gasteiger partial charge in [0.2, 0.25) is 0 Å². The van der Waals surface area contributed by atoms with Crippen LogP contribution in [-0.2, 0) is 4.74 Å². The third-order valence-corrected chi connectivity index (χ3v) is 1.39. The minimum absolute atomic E-state index is 0.0973. The van der Waals surface area contributed by atoms with Gasteiger partial charge in [-0.15, -0.1) is 0 Å². The van der Waals surface area contributed by atoms with Crippen LogP contribution >= 0.6 is 0 Å². The maximum atomic E-state index is 11.1. The molecule has 2 N–H and O–H groups in total. The first kappa shape index (κ1) is 9.12. The molecule has 0 heterocycles. The van der Waals surface area contributed by atoms with E-state index in [0.29, 0.717) is 0 Å². The van der Waals surface area contributed by atoms with Gasteiger partial charge in [0.15, 0.2) is 0 Å². The molecule has 0 amide bonds. The van der Waals surface area contributed by atoms with Gasteiger partial charge in [0.25, 0.3) is 0 Å². The molecular formula is C9H8O4. The number of phenolic OH excluding ortho intramolecular Hbond substituents is 2. The molecule has 0 aliphatic heterocycles. The van der Waals surface area contributed by atoms with E-state index in [-0.39, 0.29) is 17.1 Å². The molecule has 0 saturated carbocycles. The molecule has 1 rings (SSSR count). The van der Waals surface area contributed by atoms with E-state index in [2.05, 4.69) is 11.3 Å². The Hall–Kier alpha value is -1.97. The summed E-state index contributed by atoms with van der Waals surface area (Å²) in [6.45, 7) is 3.19. The number of carbonyl (C=O) groups excluding carboxylic acids is 1. The van der Waals surface area contributed by atoms with Crippen molar-refractivity contribution in [1.29, 1.82) is 0 Å². The second-order valence-corrected chi connectivity index (χ2v) is 2.27. The number of hydrogen-bond acceptors (Lipinski definition) is 4. The second-order valence-electron chi connectivity index (χ2n) is 2.27. The molecular weight excluding hydrogens is 172 g/mol. The zero-order valence-electron chi connectivity index (χ0n) is 6.73. The van der Waals surface area contributed by atoms with Crippen LogP contribution in [0.3, 0.4) is 0 Å². The number of ether oxygens (including phenoxy) is 1. The van der Waals surface area contributed by atoms with Crippen molar-refractivity contribution in [1.82, 2.24) is 0 Å². The summed E-state index contributed by atoms with van der Waals surface area (Å²) in [6.07, 6.45) is 0.950. The third kappa shape index (κ3) is 1.99. The van der Waals surface area contributed by atoms with Gasteiger partial charge in [-0.25, -0.2) is 4.79 Å². The van der Waals surface area contributed by atoms with Crippen LogP contribution < -0.4 is 0 Å². The average molecular weight is 180 g/mol. The number of benzene rings is 1. The Labute approximate surface area is 74.7 Å². The van der Waals surface area contributed by atoms with Gasteiger partial charge in [0.1, 0.15) is 17.1 Å². The van der Waals surface area contributed by atoms with Crippen molar-refractivity contribution in [3.05, 3.63) is 36.6 Å². The monoisotopic (exact) mass is 180 g/mol. The standard InChI is InChI=1S/C9H8O4/c1-2-13-9(12)7-5-6(10)3-4-8(7)11/h2-5,10-11H,1H2. The lowest BCUT2D eigenvalue weighted by Crippen LogP contribution is -2.00. The summed E-state index contributed by atoms with van der Waals surface area (Å²) < 4.78 is 4.42.